The van der Waals surface area contributed by atoms with E-state index in [0.29, 0.717) is 5.92 Å². The number of hydrogen-bond acceptors (Lipinski definition) is 3. The van der Waals surface area contributed by atoms with Gasteiger partial charge in [0, 0.05) is 12.3 Å². The Morgan fingerprint density at radius 1 is 1.31 bits per heavy atom. The summed E-state index contributed by atoms with van der Waals surface area (Å²) in [5.41, 5.74) is 5.80. The zero-order chi connectivity index (χ0) is 10.6. The zero-order valence-corrected chi connectivity index (χ0v) is 9.76. The van der Waals surface area contributed by atoms with Crippen LogP contribution in [0.2, 0.25) is 0 Å². The van der Waals surface area contributed by atoms with E-state index in [1.165, 1.54) is 6.26 Å². The van der Waals surface area contributed by atoms with E-state index in [0.717, 1.165) is 12.8 Å². The molecule has 4 heteroatoms. The SMILES string of the molecule is CCC(C)CC(N)C(C)S(C)(=O)=O. The smallest absolute Gasteiger partial charge is 0.151 e. The lowest BCUT2D eigenvalue weighted by Gasteiger charge is -2.20. The van der Waals surface area contributed by atoms with Crippen LogP contribution in [0.1, 0.15) is 33.6 Å². The molecular weight excluding hydrogens is 186 g/mol. The molecule has 3 atom stereocenters. The average molecular weight is 207 g/mol. The van der Waals surface area contributed by atoms with Crippen molar-refractivity contribution in [1.82, 2.24) is 0 Å². The minimum absolute atomic E-state index is 0.232. The van der Waals surface area contributed by atoms with E-state index in [1.807, 2.05) is 0 Å². The normalized spacial score (nSPS) is 19.5. The van der Waals surface area contributed by atoms with Crippen molar-refractivity contribution < 1.29 is 8.42 Å². The van der Waals surface area contributed by atoms with Crippen LogP contribution in [0.15, 0.2) is 0 Å². The molecule has 0 aromatic carbocycles. The quantitative estimate of drug-likeness (QED) is 0.736. The number of rotatable bonds is 5. The van der Waals surface area contributed by atoms with Gasteiger partial charge in [-0.25, -0.2) is 8.42 Å². The van der Waals surface area contributed by atoms with Gasteiger partial charge in [-0.1, -0.05) is 20.3 Å². The van der Waals surface area contributed by atoms with Crippen molar-refractivity contribution >= 4 is 9.84 Å². The molecule has 0 radical (unpaired) electrons. The lowest BCUT2D eigenvalue weighted by molar-refractivity contribution is 0.441. The molecule has 3 nitrogen and oxygen atoms in total. The van der Waals surface area contributed by atoms with Crippen molar-refractivity contribution in [3.8, 4) is 0 Å². The second kappa shape index (κ2) is 4.96. The molecule has 0 fully saturated rings. The minimum Gasteiger partial charge on any atom is -0.327 e. The Labute approximate surface area is 81.6 Å². The first-order valence-corrected chi connectivity index (χ1v) is 6.69. The third kappa shape index (κ3) is 4.62. The Morgan fingerprint density at radius 2 is 1.77 bits per heavy atom. The molecule has 0 aromatic heterocycles. The summed E-state index contributed by atoms with van der Waals surface area (Å²) < 4.78 is 22.3. The van der Waals surface area contributed by atoms with Crippen molar-refractivity contribution in [3.05, 3.63) is 0 Å². The second-order valence-electron chi connectivity index (χ2n) is 3.95. The monoisotopic (exact) mass is 207 g/mol. The molecule has 0 saturated carbocycles. The van der Waals surface area contributed by atoms with Crippen molar-refractivity contribution in [2.24, 2.45) is 11.7 Å². The molecule has 13 heavy (non-hydrogen) atoms. The van der Waals surface area contributed by atoms with E-state index in [9.17, 15) is 8.42 Å². The first-order chi connectivity index (χ1) is 5.79. The molecule has 0 amide bonds. The van der Waals surface area contributed by atoms with Gasteiger partial charge in [0.2, 0.25) is 0 Å². The summed E-state index contributed by atoms with van der Waals surface area (Å²) in [5.74, 6) is 0.499. The van der Waals surface area contributed by atoms with Crippen LogP contribution in [0.25, 0.3) is 0 Å². The van der Waals surface area contributed by atoms with Gasteiger partial charge in [-0.2, -0.15) is 0 Å². The van der Waals surface area contributed by atoms with Crippen molar-refractivity contribution in [1.29, 1.82) is 0 Å². The molecule has 0 aliphatic carbocycles. The molecule has 0 aliphatic heterocycles. The Morgan fingerprint density at radius 3 is 2.08 bits per heavy atom. The Kier molecular flexibility index (Phi) is 4.92. The summed E-state index contributed by atoms with van der Waals surface area (Å²) in [5, 5.41) is -0.429. The molecule has 80 valence electrons. The van der Waals surface area contributed by atoms with E-state index < -0.39 is 15.1 Å². The van der Waals surface area contributed by atoms with Gasteiger partial charge < -0.3 is 5.73 Å². The van der Waals surface area contributed by atoms with Crippen LogP contribution in [-0.2, 0) is 9.84 Å². The number of nitrogens with two attached hydrogens (primary N) is 1. The first-order valence-electron chi connectivity index (χ1n) is 4.73. The predicted molar refractivity (Wildman–Crippen MR) is 56.4 cm³/mol. The molecule has 3 unspecified atom stereocenters. The van der Waals surface area contributed by atoms with E-state index in [2.05, 4.69) is 13.8 Å². The number of hydrogen-bond donors (Lipinski definition) is 1. The van der Waals surface area contributed by atoms with Crippen molar-refractivity contribution in [3.63, 3.8) is 0 Å². The summed E-state index contributed by atoms with van der Waals surface area (Å²) in [6.07, 6.45) is 3.07. The lowest BCUT2D eigenvalue weighted by atomic mass is 9.98. The maximum absolute atomic E-state index is 11.2. The Hall–Kier alpha value is -0.0900. The fraction of sp³-hybridized carbons (Fsp3) is 1.00. The van der Waals surface area contributed by atoms with Gasteiger partial charge in [-0.15, -0.1) is 0 Å². The molecule has 0 bridgehead atoms. The standard InChI is InChI=1S/C9H21NO2S/c1-5-7(2)6-9(10)8(3)13(4,11)12/h7-9H,5-6,10H2,1-4H3. The van der Waals surface area contributed by atoms with E-state index in [1.54, 1.807) is 6.92 Å². The molecule has 0 saturated heterocycles. The van der Waals surface area contributed by atoms with Crippen LogP contribution in [-0.4, -0.2) is 26.0 Å². The van der Waals surface area contributed by atoms with Crippen molar-refractivity contribution in [2.75, 3.05) is 6.26 Å². The largest absolute Gasteiger partial charge is 0.327 e. The molecule has 0 heterocycles. The third-order valence-corrected chi connectivity index (χ3v) is 4.35. The maximum atomic E-state index is 11.2. The van der Waals surface area contributed by atoms with Gasteiger partial charge in [-0.3, -0.25) is 0 Å². The van der Waals surface area contributed by atoms with Crippen LogP contribution in [0.5, 0.6) is 0 Å². The summed E-state index contributed by atoms with van der Waals surface area (Å²) >= 11 is 0. The van der Waals surface area contributed by atoms with Crippen LogP contribution < -0.4 is 5.73 Å². The predicted octanol–water partition coefficient (Wildman–Crippen LogP) is 1.18. The van der Waals surface area contributed by atoms with E-state index >= 15 is 0 Å². The summed E-state index contributed by atoms with van der Waals surface area (Å²) in [7, 11) is -2.98. The molecule has 0 spiro atoms. The van der Waals surface area contributed by atoms with E-state index in [-0.39, 0.29) is 6.04 Å². The zero-order valence-electron chi connectivity index (χ0n) is 8.95. The summed E-state index contributed by atoms with van der Waals surface area (Å²) in [6, 6.07) is -0.232. The van der Waals surface area contributed by atoms with Crippen LogP contribution >= 0.6 is 0 Å². The van der Waals surface area contributed by atoms with Gasteiger partial charge in [0.25, 0.3) is 0 Å². The van der Waals surface area contributed by atoms with Crippen LogP contribution in [0.4, 0.5) is 0 Å². The maximum Gasteiger partial charge on any atom is 0.151 e. The van der Waals surface area contributed by atoms with Gasteiger partial charge in [-0.05, 0) is 19.3 Å². The molecule has 0 aromatic rings. The lowest BCUT2D eigenvalue weighted by Crippen LogP contribution is -2.39. The topological polar surface area (TPSA) is 60.2 Å². The number of sulfone groups is 1. The second-order valence-corrected chi connectivity index (χ2v) is 6.35. The third-order valence-electron chi connectivity index (χ3n) is 2.65. The minimum atomic E-state index is -2.98. The molecule has 0 rings (SSSR count). The average Bonchev–Trinajstić information content (AvgIpc) is 2.01. The van der Waals surface area contributed by atoms with Crippen LogP contribution in [0, 0.1) is 5.92 Å². The molecular formula is C9H21NO2S. The van der Waals surface area contributed by atoms with Crippen molar-refractivity contribution in [2.45, 2.75) is 44.9 Å². The Bertz CT molecular complexity index is 236. The Balaban J connectivity index is 4.20. The first kappa shape index (κ1) is 12.9. The fourth-order valence-electron chi connectivity index (χ4n) is 1.14. The highest BCUT2D eigenvalue weighted by Crippen LogP contribution is 2.14. The molecule has 2 N–H and O–H groups in total. The highest BCUT2D eigenvalue weighted by molar-refractivity contribution is 7.91. The molecule has 0 aliphatic rings. The van der Waals surface area contributed by atoms with E-state index in [4.69, 9.17) is 5.73 Å². The fourth-order valence-corrected chi connectivity index (χ4v) is 1.89. The highest BCUT2D eigenvalue weighted by atomic mass is 32.2. The summed E-state index contributed by atoms with van der Waals surface area (Å²) in [4.78, 5) is 0. The van der Waals surface area contributed by atoms with Gasteiger partial charge >= 0.3 is 0 Å². The summed E-state index contributed by atoms with van der Waals surface area (Å²) in [6.45, 7) is 5.86. The van der Waals surface area contributed by atoms with Crippen LogP contribution in [0.3, 0.4) is 0 Å². The van der Waals surface area contributed by atoms with Gasteiger partial charge in [0.1, 0.15) is 0 Å². The van der Waals surface area contributed by atoms with Gasteiger partial charge in [0.15, 0.2) is 9.84 Å². The highest BCUT2D eigenvalue weighted by Gasteiger charge is 2.23. The van der Waals surface area contributed by atoms with Gasteiger partial charge in [0.05, 0.1) is 5.25 Å².